The number of hydrogen-bond acceptors (Lipinski definition) is 7. The summed E-state index contributed by atoms with van der Waals surface area (Å²) in [5.74, 6) is 1.34. The van der Waals surface area contributed by atoms with Gasteiger partial charge in [0.25, 0.3) is 0 Å². The van der Waals surface area contributed by atoms with Gasteiger partial charge in [-0.3, -0.25) is 14.6 Å². The number of ether oxygens (including phenoxy) is 1. The summed E-state index contributed by atoms with van der Waals surface area (Å²) in [6, 6.07) is 9.87. The van der Waals surface area contributed by atoms with E-state index in [4.69, 9.17) is 4.74 Å². The normalized spacial score (nSPS) is 10.2. The lowest BCUT2D eigenvalue weighted by Gasteiger charge is -2.15. The molecule has 0 saturated heterocycles. The zero-order valence-electron chi connectivity index (χ0n) is 23.6. The second kappa shape index (κ2) is 19.6. The van der Waals surface area contributed by atoms with Gasteiger partial charge in [-0.05, 0) is 61.5 Å². The first-order chi connectivity index (χ1) is 17.0. The predicted molar refractivity (Wildman–Crippen MR) is 153 cm³/mol. The van der Waals surface area contributed by atoms with Crippen LogP contribution in [0.2, 0.25) is 0 Å². The van der Waals surface area contributed by atoms with Crippen LogP contribution in [0.4, 0.5) is 11.4 Å². The highest BCUT2D eigenvalue weighted by Gasteiger charge is 2.09. The van der Waals surface area contributed by atoms with Gasteiger partial charge in [0.2, 0.25) is 5.91 Å². The molecule has 2 N–H and O–H groups in total. The van der Waals surface area contributed by atoms with Crippen LogP contribution < -0.4 is 10.6 Å². The summed E-state index contributed by atoms with van der Waals surface area (Å²) in [5.41, 5.74) is 2.56. The fourth-order valence-electron chi connectivity index (χ4n) is 2.30. The monoisotopic (exact) mass is 518 g/mol. The number of pyridine rings is 1. The number of carbonyl (C=O) groups excluding carboxylic acids is 2. The summed E-state index contributed by atoms with van der Waals surface area (Å²) in [7, 11) is 1.85. The number of rotatable bonds is 10. The van der Waals surface area contributed by atoms with Crippen molar-refractivity contribution in [2.45, 2.75) is 73.3 Å². The van der Waals surface area contributed by atoms with Gasteiger partial charge in [0.1, 0.15) is 6.54 Å². The van der Waals surface area contributed by atoms with Crippen LogP contribution in [-0.2, 0) is 20.9 Å². The maximum Gasteiger partial charge on any atom is 0.321 e. The van der Waals surface area contributed by atoms with Crippen LogP contribution >= 0.6 is 11.9 Å². The second-order valence-electron chi connectivity index (χ2n) is 9.32. The van der Waals surface area contributed by atoms with Crippen molar-refractivity contribution in [3.05, 3.63) is 48.3 Å². The lowest BCUT2D eigenvalue weighted by atomic mass is 10.2. The van der Waals surface area contributed by atoms with E-state index in [-0.39, 0.29) is 18.4 Å². The van der Waals surface area contributed by atoms with E-state index in [0.717, 1.165) is 28.0 Å². The molecule has 0 fully saturated rings. The Bertz CT molecular complexity index is 871. The van der Waals surface area contributed by atoms with Gasteiger partial charge in [0.05, 0.1) is 24.2 Å². The van der Waals surface area contributed by atoms with E-state index in [0.29, 0.717) is 18.8 Å². The Kier molecular flexibility index (Phi) is 18.2. The molecule has 202 valence electrons. The third-order valence-corrected chi connectivity index (χ3v) is 5.20. The van der Waals surface area contributed by atoms with Gasteiger partial charge in [0, 0.05) is 24.6 Å². The van der Waals surface area contributed by atoms with E-state index >= 15 is 0 Å². The molecule has 2 aromatic rings. The van der Waals surface area contributed by atoms with Gasteiger partial charge in [-0.2, -0.15) is 0 Å². The Morgan fingerprint density at radius 1 is 1.03 bits per heavy atom. The number of amides is 1. The fourth-order valence-corrected chi connectivity index (χ4v) is 3.09. The molecule has 0 aliphatic carbocycles. The van der Waals surface area contributed by atoms with Crippen LogP contribution in [0.25, 0.3) is 0 Å². The van der Waals surface area contributed by atoms with Crippen molar-refractivity contribution in [1.29, 1.82) is 0 Å². The molecule has 0 spiro atoms. The van der Waals surface area contributed by atoms with Crippen LogP contribution in [0.5, 0.6) is 0 Å². The fraction of sp³-hybridized carbons (Fsp3) is 0.536. The molecule has 0 bridgehead atoms. The maximum atomic E-state index is 11.5. The molecule has 0 atom stereocenters. The van der Waals surface area contributed by atoms with Crippen LogP contribution in [-0.4, -0.2) is 41.4 Å². The van der Waals surface area contributed by atoms with Gasteiger partial charge in [-0.15, -0.1) is 0 Å². The Hall–Kier alpha value is -2.58. The molecule has 0 saturated carbocycles. The van der Waals surface area contributed by atoms with Gasteiger partial charge >= 0.3 is 5.97 Å². The van der Waals surface area contributed by atoms with Crippen LogP contribution in [0.3, 0.4) is 0 Å². The summed E-state index contributed by atoms with van der Waals surface area (Å²) in [5, 5.41) is 6.06. The first kappa shape index (κ1) is 33.4. The zero-order valence-corrected chi connectivity index (χ0v) is 24.4. The second-order valence-corrected chi connectivity index (χ2v) is 10.6. The minimum atomic E-state index is -0.236. The predicted octanol–water partition coefficient (Wildman–Crippen LogP) is 6.87. The van der Waals surface area contributed by atoms with E-state index in [1.165, 1.54) is 25.3 Å². The molecule has 2 rings (SSSR count). The Morgan fingerprint density at radius 2 is 1.61 bits per heavy atom. The number of nitrogens with zero attached hydrogens (tertiary/aromatic N) is 2. The number of likely N-dealkylation sites (N-methyl/N-ethyl adjacent to an activating group) is 1. The van der Waals surface area contributed by atoms with Crippen LogP contribution in [0.15, 0.2) is 47.6 Å². The molecule has 0 unspecified atom stereocenters. The van der Waals surface area contributed by atoms with Crippen molar-refractivity contribution in [2.24, 2.45) is 11.8 Å². The molecule has 1 amide bonds. The molecule has 1 aromatic carbocycles. The van der Waals surface area contributed by atoms with Crippen molar-refractivity contribution < 1.29 is 14.3 Å². The first-order valence-corrected chi connectivity index (χ1v) is 13.3. The molecular weight excluding hydrogens is 472 g/mol. The third-order valence-electron chi connectivity index (χ3n) is 4.27. The number of anilines is 2. The van der Waals surface area contributed by atoms with Crippen molar-refractivity contribution in [1.82, 2.24) is 9.29 Å². The zero-order chi connectivity index (χ0) is 27.5. The van der Waals surface area contributed by atoms with E-state index < -0.39 is 0 Å². The Labute approximate surface area is 222 Å². The van der Waals surface area contributed by atoms with Crippen molar-refractivity contribution in [3.63, 3.8) is 0 Å². The largest absolute Gasteiger partial charge is 0.465 e. The summed E-state index contributed by atoms with van der Waals surface area (Å²) in [6.45, 7) is 17.6. The Balaban J connectivity index is 0.00000117. The molecule has 1 heterocycles. The third kappa shape index (κ3) is 17.8. The Morgan fingerprint density at radius 3 is 2.11 bits per heavy atom. The van der Waals surface area contributed by atoms with Crippen molar-refractivity contribution >= 4 is 35.2 Å². The molecule has 0 aliphatic rings. The molecule has 7 nitrogen and oxygen atoms in total. The lowest BCUT2D eigenvalue weighted by Crippen LogP contribution is -2.21. The summed E-state index contributed by atoms with van der Waals surface area (Å²) < 4.78 is 6.78. The number of carbonyl (C=O) groups is 2. The highest BCUT2D eigenvalue weighted by molar-refractivity contribution is 7.97. The lowest BCUT2D eigenvalue weighted by molar-refractivity contribution is -0.142. The summed E-state index contributed by atoms with van der Waals surface area (Å²) >= 11 is 1.49. The van der Waals surface area contributed by atoms with Crippen molar-refractivity contribution in [2.75, 3.05) is 30.8 Å². The van der Waals surface area contributed by atoms with Gasteiger partial charge in [-0.1, -0.05) is 60.1 Å². The van der Waals surface area contributed by atoms with E-state index in [9.17, 15) is 9.59 Å². The quantitative estimate of drug-likeness (QED) is 0.262. The van der Waals surface area contributed by atoms with Crippen LogP contribution in [0.1, 0.15) is 67.4 Å². The minimum Gasteiger partial charge on any atom is -0.465 e. The van der Waals surface area contributed by atoms with Gasteiger partial charge < -0.3 is 15.4 Å². The minimum absolute atomic E-state index is 0.139. The van der Waals surface area contributed by atoms with E-state index in [1.807, 2.05) is 41.7 Å². The van der Waals surface area contributed by atoms with E-state index in [1.54, 1.807) is 19.3 Å². The topological polar surface area (TPSA) is 83.6 Å². The van der Waals surface area contributed by atoms with Crippen LogP contribution in [0, 0.1) is 11.8 Å². The highest BCUT2D eigenvalue weighted by atomic mass is 32.2. The number of esters is 1. The maximum absolute atomic E-state index is 11.5. The molecule has 8 heteroatoms. The molecule has 0 aliphatic heterocycles. The van der Waals surface area contributed by atoms with Gasteiger partial charge in [0.15, 0.2) is 0 Å². The number of benzene rings is 1. The molecular formula is C28H46N4O3S. The molecule has 0 radical (unpaired) electrons. The smallest absolute Gasteiger partial charge is 0.321 e. The summed E-state index contributed by atoms with van der Waals surface area (Å²) in [6.07, 6.45) is 4.59. The van der Waals surface area contributed by atoms with E-state index in [2.05, 4.69) is 57.2 Å². The first-order valence-electron chi connectivity index (χ1n) is 12.6. The average Bonchev–Trinajstić information content (AvgIpc) is 2.79. The average molecular weight is 519 g/mol. The summed E-state index contributed by atoms with van der Waals surface area (Å²) in [4.78, 5) is 27.8. The van der Waals surface area contributed by atoms with Gasteiger partial charge in [-0.25, -0.2) is 4.31 Å². The number of hydrogen-bond donors (Lipinski definition) is 2. The number of aromatic nitrogens is 1. The highest BCUT2D eigenvalue weighted by Crippen LogP contribution is 2.23. The molecule has 36 heavy (non-hydrogen) atoms. The molecule has 1 aromatic heterocycles. The number of nitrogens with one attached hydrogen (secondary N) is 2. The SMILES string of the molecule is CC(C)C.CCC(C)C.CCOC(=O)CN(C)Sc1ccc(CNc2ccncc2NC(C)=O)cc1. The van der Waals surface area contributed by atoms with Crippen molar-refractivity contribution in [3.8, 4) is 0 Å². The standard InChI is InChI=1S/C19H24N4O3S.C5H12.C4H10/c1-4-26-19(25)13-23(3)27-16-7-5-15(6-8-16)11-21-17-9-10-20-12-18(17)22-14(2)24;1-4-5(2)3;1-4(2)3/h5-10,12H,4,11,13H2,1-3H3,(H,20,21)(H,22,24);5H,4H2,1-3H3;4H,1-3H3.